The highest BCUT2D eigenvalue weighted by molar-refractivity contribution is 8.00. The average molecular weight is 215 g/mol. The normalized spacial score (nSPS) is 31.9. The molecule has 3 nitrogen and oxygen atoms in total. The van der Waals surface area contributed by atoms with E-state index in [4.69, 9.17) is 17.3 Å². The van der Waals surface area contributed by atoms with Crippen molar-refractivity contribution in [2.45, 2.75) is 12.3 Å². The monoisotopic (exact) mass is 215 g/mol. The molecule has 13 heavy (non-hydrogen) atoms. The van der Waals surface area contributed by atoms with Crippen LogP contribution in [-0.4, -0.2) is 32.1 Å². The van der Waals surface area contributed by atoms with Crippen LogP contribution in [0.2, 0.25) is 0 Å². The van der Waals surface area contributed by atoms with E-state index in [0.29, 0.717) is 11.6 Å². The molecule has 1 saturated heterocycles. The minimum atomic E-state index is -0.875. The SMILES string of the molecule is CC1C(=S)N2C(C(=O)O)=CCS[C@@H]12. The number of thiocarbonyl (C=S) groups is 1. The predicted molar refractivity (Wildman–Crippen MR) is 55.6 cm³/mol. The van der Waals surface area contributed by atoms with Gasteiger partial charge in [0.25, 0.3) is 0 Å². The van der Waals surface area contributed by atoms with Gasteiger partial charge >= 0.3 is 5.97 Å². The van der Waals surface area contributed by atoms with Gasteiger partial charge in [-0.05, 0) is 6.08 Å². The van der Waals surface area contributed by atoms with Gasteiger partial charge < -0.3 is 10.0 Å². The Morgan fingerprint density at radius 2 is 2.54 bits per heavy atom. The van der Waals surface area contributed by atoms with E-state index in [-0.39, 0.29) is 5.37 Å². The first-order valence-corrected chi connectivity index (χ1v) is 5.46. The highest BCUT2D eigenvalue weighted by Crippen LogP contribution is 2.41. The van der Waals surface area contributed by atoms with Crippen LogP contribution in [0.5, 0.6) is 0 Å². The minimum Gasteiger partial charge on any atom is -0.477 e. The lowest BCUT2D eigenvalue weighted by atomic mass is 10.0. The van der Waals surface area contributed by atoms with Gasteiger partial charge in [-0.3, -0.25) is 0 Å². The van der Waals surface area contributed by atoms with Crippen LogP contribution in [0, 0.1) is 5.92 Å². The molecule has 2 aliphatic rings. The standard InChI is InChI=1S/C8H9NO2S2/c1-4-6(12)9-5(8(10)11)2-3-13-7(4)9/h2,4,7H,3H2,1H3,(H,10,11)/t4?,7-/m0/s1. The van der Waals surface area contributed by atoms with Crippen molar-refractivity contribution in [1.29, 1.82) is 0 Å². The second-order valence-electron chi connectivity index (χ2n) is 3.12. The number of fused-ring (bicyclic) bond motifs is 1. The maximum absolute atomic E-state index is 10.8. The van der Waals surface area contributed by atoms with Crippen molar-refractivity contribution in [3.8, 4) is 0 Å². The Morgan fingerprint density at radius 1 is 1.85 bits per heavy atom. The summed E-state index contributed by atoms with van der Waals surface area (Å²) in [5.74, 6) is 0.234. The second-order valence-corrected chi connectivity index (χ2v) is 4.68. The molecule has 1 fully saturated rings. The van der Waals surface area contributed by atoms with E-state index in [0.717, 1.165) is 10.7 Å². The van der Waals surface area contributed by atoms with E-state index in [2.05, 4.69) is 0 Å². The molecule has 2 atom stereocenters. The van der Waals surface area contributed by atoms with Gasteiger partial charge in [-0.15, -0.1) is 11.8 Å². The van der Waals surface area contributed by atoms with Crippen molar-refractivity contribution in [2.24, 2.45) is 5.92 Å². The topological polar surface area (TPSA) is 40.5 Å². The van der Waals surface area contributed by atoms with E-state index in [1.54, 1.807) is 22.7 Å². The lowest BCUT2D eigenvalue weighted by Gasteiger charge is -2.49. The molecule has 5 heteroatoms. The van der Waals surface area contributed by atoms with Crippen molar-refractivity contribution in [2.75, 3.05) is 5.75 Å². The zero-order valence-electron chi connectivity index (χ0n) is 7.06. The molecule has 0 aliphatic carbocycles. The number of carboxylic acids is 1. The van der Waals surface area contributed by atoms with Crippen LogP contribution in [-0.2, 0) is 4.79 Å². The maximum Gasteiger partial charge on any atom is 0.352 e. The fourth-order valence-corrected chi connectivity index (χ4v) is 3.34. The Kier molecular flexibility index (Phi) is 2.08. The summed E-state index contributed by atoms with van der Waals surface area (Å²) in [7, 11) is 0. The number of rotatable bonds is 1. The Balaban J connectivity index is 2.27. The van der Waals surface area contributed by atoms with Gasteiger partial charge in [-0.2, -0.15) is 0 Å². The summed E-state index contributed by atoms with van der Waals surface area (Å²) in [5, 5.41) is 9.14. The number of hydrogen-bond acceptors (Lipinski definition) is 3. The molecule has 0 spiro atoms. The molecule has 2 aliphatic heterocycles. The van der Waals surface area contributed by atoms with Crippen molar-refractivity contribution in [1.82, 2.24) is 4.90 Å². The first-order valence-electron chi connectivity index (χ1n) is 4.01. The van der Waals surface area contributed by atoms with E-state index < -0.39 is 5.97 Å². The summed E-state index contributed by atoms with van der Waals surface area (Å²) in [5.41, 5.74) is 0.354. The molecule has 2 rings (SSSR count). The number of thioether (sulfide) groups is 1. The molecule has 0 amide bonds. The fourth-order valence-electron chi connectivity index (χ4n) is 1.60. The van der Waals surface area contributed by atoms with Crippen molar-refractivity contribution in [3.05, 3.63) is 11.8 Å². The van der Waals surface area contributed by atoms with Gasteiger partial charge in [-0.25, -0.2) is 4.79 Å². The van der Waals surface area contributed by atoms with Gasteiger partial charge in [0.2, 0.25) is 0 Å². The molecule has 0 radical (unpaired) electrons. The number of aliphatic carboxylic acids is 1. The molecule has 2 heterocycles. The van der Waals surface area contributed by atoms with Crippen LogP contribution >= 0.6 is 24.0 Å². The highest BCUT2D eigenvalue weighted by atomic mass is 32.2. The van der Waals surface area contributed by atoms with Gasteiger partial charge in [-0.1, -0.05) is 19.1 Å². The minimum absolute atomic E-state index is 0.253. The van der Waals surface area contributed by atoms with Crippen LogP contribution in [0.4, 0.5) is 0 Å². The number of nitrogens with zero attached hydrogens (tertiary/aromatic N) is 1. The molecule has 0 aromatic rings. The summed E-state index contributed by atoms with van der Waals surface area (Å²) in [4.78, 5) is 13.3. The smallest absolute Gasteiger partial charge is 0.352 e. The number of carboxylic acid groups (broad SMARTS) is 1. The summed E-state index contributed by atoms with van der Waals surface area (Å²) in [6, 6.07) is 0. The lowest BCUT2D eigenvalue weighted by molar-refractivity contribution is -0.134. The fraction of sp³-hybridized carbons (Fsp3) is 0.500. The Bertz CT molecular complexity index is 313. The van der Waals surface area contributed by atoms with Gasteiger partial charge in [0.15, 0.2) is 0 Å². The zero-order chi connectivity index (χ0) is 9.59. The second kappa shape index (κ2) is 2.99. The predicted octanol–water partition coefficient (Wildman–Crippen LogP) is 1.31. The molecular formula is C8H9NO2S2. The third-order valence-electron chi connectivity index (χ3n) is 2.33. The summed E-state index contributed by atoms with van der Waals surface area (Å²) in [6.07, 6.45) is 1.72. The number of carbonyl (C=O) groups is 1. The van der Waals surface area contributed by atoms with Crippen LogP contribution < -0.4 is 0 Å². The van der Waals surface area contributed by atoms with Crippen molar-refractivity contribution in [3.63, 3.8) is 0 Å². The largest absolute Gasteiger partial charge is 0.477 e. The van der Waals surface area contributed by atoms with Gasteiger partial charge in [0.1, 0.15) is 5.70 Å². The van der Waals surface area contributed by atoms with Crippen molar-refractivity contribution < 1.29 is 9.90 Å². The first-order chi connectivity index (χ1) is 6.13. The summed E-state index contributed by atoms with van der Waals surface area (Å²) < 4.78 is 0. The molecule has 0 aromatic carbocycles. The quantitative estimate of drug-likeness (QED) is 0.668. The van der Waals surface area contributed by atoms with Crippen LogP contribution in [0.25, 0.3) is 0 Å². The summed E-state index contributed by atoms with van der Waals surface area (Å²) in [6.45, 7) is 2.04. The van der Waals surface area contributed by atoms with Gasteiger partial charge in [0, 0.05) is 11.7 Å². The maximum atomic E-state index is 10.8. The van der Waals surface area contributed by atoms with E-state index in [9.17, 15) is 4.79 Å². The van der Waals surface area contributed by atoms with E-state index in [1.165, 1.54) is 0 Å². The Hall–Kier alpha value is -0.550. The van der Waals surface area contributed by atoms with Gasteiger partial charge in [0.05, 0.1) is 10.4 Å². The molecular weight excluding hydrogens is 206 g/mol. The first kappa shape index (κ1) is 9.02. The molecule has 0 saturated carbocycles. The van der Waals surface area contributed by atoms with Crippen molar-refractivity contribution >= 4 is 34.9 Å². The van der Waals surface area contributed by atoms with Crippen LogP contribution in [0.1, 0.15) is 6.92 Å². The third-order valence-corrected chi connectivity index (χ3v) is 4.22. The molecule has 0 aromatic heterocycles. The average Bonchev–Trinajstić information content (AvgIpc) is 2.15. The molecule has 70 valence electrons. The molecule has 1 unspecified atom stereocenters. The van der Waals surface area contributed by atoms with Crippen LogP contribution in [0.3, 0.4) is 0 Å². The van der Waals surface area contributed by atoms with E-state index >= 15 is 0 Å². The van der Waals surface area contributed by atoms with Crippen LogP contribution in [0.15, 0.2) is 11.8 Å². The third kappa shape index (κ3) is 1.18. The summed E-state index contributed by atoms with van der Waals surface area (Å²) >= 11 is 6.85. The zero-order valence-corrected chi connectivity index (χ0v) is 8.69. The molecule has 0 bridgehead atoms. The lowest BCUT2D eigenvalue weighted by Crippen LogP contribution is -2.58. The van der Waals surface area contributed by atoms with E-state index in [1.807, 2.05) is 6.92 Å². The Morgan fingerprint density at radius 3 is 3.15 bits per heavy atom. The number of hydrogen-bond donors (Lipinski definition) is 1. The molecule has 1 N–H and O–H groups in total. The Labute approximate surface area is 85.8 Å². The highest BCUT2D eigenvalue weighted by Gasteiger charge is 2.46.